The van der Waals surface area contributed by atoms with Crippen LogP contribution in [0.1, 0.15) is 18.4 Å². The molecule has 1 N–H and O–H groups in total. The molecule has 0 bridgehead atoms. The van der Waals surface area contributed by atoms with Crippen molar-refractivity contribution in [3.63, 3.8) is 0 Å². The quantitative estimate of drug-likeness (QED) is 0.787. The van der Waals surface area contributed by atoms with Crippen LogP contribution in [-0.2, 0) is 6.54 Å². The Balaban J connectivity index is 2.06. The van der Waals surface area contributed by atoms with Crippen LogP contribution in [0.3, 0.4) is 0 Å². The first-order valence-electron chi connectivity index (χ1n) is 5.63. The van der Waals surface area contributed by atoms with Gasteiger partial charge >= 0.3 is 0 Å². The smallest absolute Gasteiger partial charge is 0.250 e. The molecule has 1 aromatic rings. The lowest BCUT2D eigenvalue weighted by molar-refractivity contribution is 0.330. The van der Waals surface area contributed by atoms with Gasteiger partial charge in [-0.15, -0.1) is 0 Å². The number of rotatable bonds is 2. The molecular weight excluding hydrogens is 188 g/mol. The van der Waals surface area contributed by atoms with Gasteiger partial charge in [-0.1, -0.05) is 0 Å². The maximum absolute atomic E-state index is 11.7. The lowest BCUT2D eigenvalue weighted by Gasteiger charge is -2.23. The van der Waals surface area contributed by atoms with E-state index in [1.165, 1.54) is 12.8 Å². The molecule has 1 fully saturated rings. The Morgan fingerprint density at radius 2 is 2.20 bits per heavy atom. The van der Waals surface area contributed by atoms with Gasteiger partial charge in [-0.25, -0.2) is 0 Å². The van der Waals surface area contributed by atoms with Crippen molar-refractivity contribution in [2.75, 3.05) is 13.1 Å². The molecule has 3 nitrogen and oxygen atoms in total. The number of aryl methyl sites for hydroxylation is 1. The standard InChI is InChI=1S/C12H18N2O/c1-10-4-7-14(12(15)8-10)9-11-2-5-13-6-3-11/h4,7-8,11,13H,2-3,5-6,9H2,1H3. The van der Waals surface area contributed by atoms with E-state index < -0.39 is 0 Å². The summed E-state index contributed by atoms with van der Waals surface area (Å²) in [6, 6.07) is 3.71. The highest BCUT2D eigenvalue weighted by Crippen LogP contribution is 2.13. The van der Waals surface area contributed by atoms with Crippen LogP contribution in [0.4, 0.5) is 0 Å². The van der Waals surface area contributed by atoms with Crippen molar-refractivity contribution in [2.24, 2.45) is 5.92 Å². The SMILES string of the molecule is Cc1ccn(CC2CCNCC2)c(=O)c1. The van der Waals surface area contributed by atoms with Gasteiger partial charge in [0.1, 0.15) is 0 Å². The van der Waals surface area contributed by atoms with Gasteiger partial charge in [0.05, 0.1) is 0 Å². The summed E-state index contributed by atoms with van der Waals surface area (Å²) in [4.78, 5) is 11.7. The van der Waals surface area contributed by atoms with Crippen molar-refractivity contribution in [1.29, 1.82) is 0 Å². The summed E-state index contributed by atoms with van der Waals surface area (Å²) >= 11 is 0. The third-order valence-corrected chi connectivity index (χ3v) is 3.07. The Morgan fingerprint density at radius 3 is 2.87 bits per heavy atom. The first-order valence-corrected chi connectivity index (χ1v) is 5.63. The van der Waals surface area contributed by atoms with Gasteiger partial charge in [-0.3, -0.25) is 4.79 Å². The molecule has 1 aromatic heterocycles. The molecule has 2 heterocycles. The van der Waals surface area contributed by atoms with E-state index in [0.29, 0.717) is 5.92 Å². The molecule has 15 heavy (non-hydrogen) atoms. The van der Waals surface area contributed by atoms with Gasteiger partial charge < -0.3 is 9.88 Å². The Hall–Kier alpha value is -1.09. The molecule has 0 saturated carbocycles. The summed E-state index contributed by atoms with van der Waals surface area (Å²) in [5.74, 6) is 0.659. The number of piperidine rings is 1. The highest BCUT2D eigenvalue weighted by molar-refractivity contribution is 5.08. The molecule has 82 valence electrons. The number of nitrogens with one attached hydrogen (secondary N) is 1. The summed E-state index contributed by atoms with van der Waals surface area (Å²) in [5.41, 5.74) is 1.18. The molecule has 0 atom stereocenters. The number of hydrogen-bond acceptors (Lipinski definition) is 2. The minimum atomic E-state index is 0.133. The van der Waals surface area contributed by atoms with Crippen LogP contribution in [0.25, 0.3) is 0 Å². The Bertz CT molecular complexity index is 377. The minimum Gasteiger partial charge on any atom is -0.317 e. The molecule has 0 unspecified atom stereocenters. The van der Waals surface area contributed by atoms with E-state index in [9.17, 15) is 4.79 Å². The van der Waals surface area contributed by atoms with Gasteiger partial charge in [-0.05, 0) is 50.4 Å². The molecule has 0 aliphatic carbocycles. The molecular formula is C12H18N2O. The highest BCUT2D eigenvalue weighted by Gasteiger charge is 2.13. The van der Waals surface area contributed by atoms with Gasteiger partial charge in [-0.2, -0.15) is 0 Å². The maximum Gasteiger partial charge on any atom is 0.250 e. The molecule has 0 spiro atoms. The van der Waals surface area contributed by atoms with Crippen LogP contribution >= 0.6 is 0 Å². The molecule has 0 radical (unpaired) electrons. The predicted molar refractivity (Wildman–Crippen MR) is 61.0 cm³/mol. The highest BCUT2D eigenvalue weighted by atomic mass is 16.1. The molecule has 1 aliphatic heterocycles. The fraction of sp³-hybridized carbons (Fsp3) is 0.583. The molecule has 0 aromatic carbocycles. The van der Waals surface area contributed by atoms with E-state index in [1.807, 2.05) is 23.8 Å². The normalized spacial score (nSPS) is 17.9. The number of pyridine rings is 1. The average Bonchev–Trinajstić information content (AvgIpc) is 2.24. The van der Waals surface area contributed by atoms with Gasteiger partial charge in [0.25, 0.3) is 5.56 Å². The van der Waals surface area contributed by atoms with Crippen LogP contribution in [0.15, 0.2) is 23.1 Å². The minimum absolute atomic E-state index is 0.133. The number of hydrogen-bond donors (Lipinski definition) is 1. The number of nitrogens with zero attached hydrogens (tertiary/aromatic N) is 1. The summed E-state index contributed by atoms with van der Waals surface area (Å²) < 4.78 is 1.84. The summed E-state index contributed by atoms with van der Waals surface area (Å²) in [7, 11) is 0. The fourth-order valence-corrected chi connectivity index (χ4v) is 2.10. The van der Waals surface area contributed by atoms with E-state index in [4.69, 9.17) is 0 Å². The Kier molecular flexibility index (Phi) is 3.21. The Labute approximate surface area is 90.1 Å². The van der Waals surface area contributed by atoms with Crippen LogP contribution < -0.4 is 10.9 Å². The van der Waals surface area contributed by atoms with Crippen molar-refractivity contribution in [2.45, 2.75) is 26.3 Å². The van der Waals surface area contributed by atoms with Crippen molar-refractivity contribution >= 4 is 0 Å². The first-order chi connectivity index (χ1) is 7.25. The predicted octanol–water partition coefficient (Wildman–Crippen LogP) is 1.16. The van der Waals surface area contributed by atoms with Crippen molar-refractivity contribution in [1.82, 2.24) is 9.88 Å². The zero-order valence-corrected chi connectivity index (χ0v) is 9.20. The molecule has 2 rings (SSSR count). The second-order valence-electron chi connectivity index (χ2n) is 4.39. The molecule has 1 saturated heterocycles. The number of aromatic nitrogens is 1. The maximum atomic E-state index is 11.7. The lowest BCUT2D eigenvalue weighted by Crippen LogP contribution is -2.32. The summed E-state index contributed by atoms with van der Waals surface area (Å²) in [6.07, 6.45) is 4.28. The summed E-state index contributed by atoms with van der Waals surface area (Å²) in [5, 5.41) is 3.34. The second-order valence-corrected chi connectivity index (χ2v) is 4.39. The molecule has 1 aliphatic rings. The molecule has 3 heteroatoms. The van der Waals surface area contributed by atoms with Crippen molar-refractivity contribution in [3.05, 3.63) is 34.2 Å². The third-order valence-electron chi connectivity index (χ3n) is 3.07. The third kappa shape index (κ3) is 2.69. The van der Waals surface area contributed by atoms with Crippen molar-refractivity contribution in [3.8, 4) is 0 Å². The van der Waals surface area contributed by atoms with Gasteiger partial charge in [0.15, 0.2) is 0 Å². The monoisotopic (exact) mass is 206 g/mol. The zero-order valence-electron chi connectivity index (χ0n) is 9.20. The average molecular weight is 206 g/mol. The van der Waals surface area contributed by atoms with Gasteiger partial charge in [0.2, 0.25) is 0 Å². The van der Waals surface area contributed by atoms with E-state index in [-0.39, 0.29) is 5.56 Å². The van der Waals surface area contributed by atoms with Crippen LogP contribution in [-0.4, -0.2) is 17.7 Å². The second kappa shape index (κ2) is 4.62. The van der Waals surface area contributed by atoms with Crippen LogP contribution in [0, 0.1) is 12.8 Å². The summed E-state index contributed by atoms with van der Waals surface area (Å²) in [6.45, 7) is 5.01. The van der Waals surface area contributed by atoms with Gasteiger partial charge in [0, 0.05) is 18.8 Å². The van der Waals surface area contributed by atoms with E-state index in [1.54, 1.807) is 6.07 Å². The van der Waals surface area contributed by atoms with E-state index in [2.05, 4.69) is 5.32 Å². The topological polar surface area (TPSA) is 34.0 Å². The van der Waals surface area contributed by atoms with Crippen LogP contribution in [0.2, 0.25) is 0 Å². The van der Waals surface area contributed by atoms with E-state index >= 15 is 0 Å². The van der Waals surface area contributed by atoms with Crippen molar-refractivity contribution < 1.29 is 0 Å². The Morgan fingerprint density at radius 1 is 1.47 bits per heavy atom. The first kappa shape index (κ1) is 10.4. The van der Waals surface area contributed by atoms with Crippen LogP contribution in [0.5, 0.6) is 0 Å². The zero-order chi connectivity index (χ0) is 10.7. The van der Waals surface area contributed by atoms with E-state index in [0.717, 1.165) is 25.2 Å². The fourth-order valence-electron chi connectivity index (χ4n) is 2.10. The lowest BCUT2D eigenvalue weighted by atomic mass is 9.98. The molecule has 0 amide bonds. The largest absolute Gasteiger partial charge is 0.317 e.